The van der Waals surface area contributed by atoms with Gasteiger partial charge in [-0.25, -0.2) is 8.42 Å². The van der Waals surface area contributed by atoms with Crippen LogP contribution in [0, 0.1) is 0 Å². The van der Waals surface area contributed by atoms with Crippen molar-refractivity contribution in [2.75, 3.05) is 23.7 Å². The van der Waals surface area contributed by atoms with Crippen LogP contribution in [0.5, 0.6) is 0 Å². The van der Waals surface area contributed by atoms with Crippen LogP contribution in [-0.2, 0) is 26.2 Å². The summed E-state index contributed by atoms with van der Waals surface area (Å²) in [4.78, 5) is 27.8. The van der Waals surface area contributed by atoms with Crippen molar-refractivity contribution >= 4 is 62.3 Å². The molecule has 0 saturated carbocycles. The number of benzene rings is 2. The Morgan fingerprint density at radius 1 is 1.00 bits per heavy atom. The van der Waals surface area contributed by atoms with Gasteiger partial charge in [0.15, 0.2) is 0 Å². The minimum Gasteiger partial charge on any atom is -0.354 e. The van der Waals surface area contributed by atoms with Gasteiger partial charge in [0.05, 0.1) is 22.0 Å². The lowest BCUT2D eigenvalue weighted by Crippen LogP contribution is -2.52. The van der Waals surface area contributed by atoms with E-state index in [-0.39, 0.29) is 28.2 Å². The zero-order chi connectivity index (χ0) is 25.5. The van der Waals surface area contributed by atoms with Crippen LogP contribution < -0.4 is 9.62 Å². The van der Waals surface area contributed by atoms with Crippen molar-refractivity contribution < 1.29 is 18.0 Å². The molecule has 2 aromatic carbocycles. The number of sulfonamides is 1. The Kier molecular flexibility index (Phi) is 10.5. The molecule has 0 spiro atoms. The van der Waals surface area contributed by atoms with Gasteiger partial charge in [-0.05, 0) is 36.6 Å². The molecule has 2 rings (SSSR count). The highest BCUT2D eigenvalue weighted by molar-refractivity contribution is 7.92. The van der Waals surface area contributed by atoms with E-state index in [0.29, 0.717) is 23.6 Å². The maximum absolute atomic E-state index is 13.6. The quantitative estimate of drug-likeness (QED) is 0.439. The molecule has 2 aromatic rings. The number of nitrogens with zero attached hydrogens (tertiary/aromatic N) is 2. The summed E-state index contributed by atoms with van der Waals surface area (Å²) < 4.78 is 26.2. The first-order valence-electron chi connectivity index (χ1n) is 10.7. The van der Waals surface area contributed by atoms with E-state index in [9.17, 15) is 18.0 Å². The third kappa shape index (κ3) is 7.25. The van der Waals surface area contributed by atoms with Crippen molar-refractivity contribution in [2.24, 2.45) is 0 Å². The highest BCUT2D eigenvalue weighted by Gasteiger charge is 2.32. The molecular formula is C23H28Cl3N3O4S. The van der Waals surface area contributed by atoms with Crippen LogP contribution in [-0.4, -0.2) is 50.5 Å². The Hall–Kier alpha value is -2.00. The van der Waals surface area contributed by atoms with Gasteiger partial charge in [0.2, 0.25) is 21.8 Å². The van der Waals surface area contributed by atoms with Gasteiger partial charge >= 0.3 is 0 Å². The highest BCUT2D eigenvalue weighted by Crippen LogP contribution is 2.34. The van der Waals surface area contributed by atoms with Crippen LogP contribution >= 0.6 is 34.8 Å². The van der Waals surface area contributed by atoms with E-state index in [2.05, 4.69) is 5.32 Å². The molecule has 7 nitrogen and oxygen atoms in total. The summed E-state index contributed by atoms with van der Waals surface area (Å²) in [5, 5.41) is 3.41. The number of halogens is 3. The molecular weight excluding hydrogens is 521 g/mol. The van der Waals surface area contributed by atoms with E-state index in [1.807, 2.05) is 6.92 Å². The number of hydrogen-bond donors (Lipinski definition) is 1. The summed E-state index contributed by atoms with van der Waals surface area (Å²) in [6, 6.07) is 10.7. The first kappa shape index (κ1) is 28.2. The van der Waals surface area contributed by atoms with E-state index in [4.69, 9.17) is 34.8 Å². The van der Waals surface area contributed by atoms with Crippen molar-refractivity contribution in [3.8, 4) is 0 Å². The molecule has 0 radical (unpaired) electrons. The van der Waals surface area contributed by atoms with Gasteiger partial charge in [-0.1, -0.05) is 72.9 Å². The first-order chi connectivity index (χ1) is 16.0. The Morgan fingerprint density at radius 2 is 1.65 bits per heavy atom. The molecule has 0 aliphatic rings. The largest absolute Gasteiger partial charge is 0.354 e. The molecule has 11 heteroatoms. The molecule has 1 N–H and O–H groups in total. The van der Waals surface area contributed by atoms with E-state index < -0.39 is 28.5 Å². The van der Waals surface area contributed by atoms with Crippen LogP contribution in [0.25, 0.3) is 0 Å². The van der Waals surface area contributed by atoms with Gasteiger partial charge in [0, 0.05) is 18.1 Å². The lowest BCUT2D eigenvalue weighted by molar-refractivity contribution is -0.140. The Labute approximate surface area is 216 Å². The summed E-state index contributed by atoms with van der Waals surface area (Å²) in [5.74, 6) is -0.906. The van der Waals surface area contributed by atoms with Crippen LogP contribution in [0.15, 0.2) is 42.5 Å². The van der Waals surface area contributed by atoms with Gasteiger partial charge in [0.25, 0.3) is 0 Å². The monoisotopic (exact) mass is 547 g/mol. The SMILES string of the molecule is CCCNC(=O)[C@@H](CC)N(Cc1ccccc1Cl)C(=O)CN(c1cccc(Cl)c1Cl)S(C)(=O)=O. The van der Waals surface area contributed by atoms with Gasteiger partial charge in [0.1, 0.15) is 12.6 Å². The summed E-state index contributed by atoms with van der Waals surface area (Å²) >= 11 is 18.7. The van der Waals surface area contributed by atoms with E-state index in [0.717, 1.165) is 17.0 Å². The first-order valence-corrected chi connectivity index (χ1v) is 13.7. The molecule has 0 bridgehead atoms. The van der Waals surface area contributed by atoms with Crippen LogP contribution in [0.3, 0.4) is 0 Å². The summed E-state index contributed by atoms with van der Waals surface area (Å²) in [6.45, 7) is 3.62. The number of amides is 2. The zero-order valence-electron chi connectivity index (χ0n) is 19.2. The van der Waals surface area contributed by atoms with E-state index in [1.54, 1.807) is 37.3 Å². The molecule has 0 saturated heterocycles. The average Bonchev–Trinajstić information content (AvgIpc) is 2.78. The second-order valence-electron chi connectivity index (χ2n) is 7.67. The number of nitrogens with one attached hydrogen (secondary N) is 1. The predicted octanol–water partition coefficient (Wildman–Crippen LogP) is 4.75. The normalized spacial score (nSPS) is 12.2. The molecule has 2 amide bonds. The molecule has 0 unspecified atom stereocenters. The number of hydrogen-bond acceptors (Lipinski definition) is 4. The van der Waals surface area contributed by atoms with E-state index in [1.165, 1.54) is 17.0 Å². The Bertz CT molecular complexity index is 1130. The number of carbonyl (C=O) groups is 2. The number of anilines is 1. The third-order valence-electron chi connectivity index (χ3n) is 5.11. The van der Waals surface area contributed by atoms with Gasteiger partial charge < -0.3 is 10.2 Å². The molecule has 186 valence electrons. The molecule has 0 aliphatic heterocycles. The van der Waals surface area contributed by atoms with Crippen molar-refractivity contribution in [3.05, 3.63) is 63.1 Å². The lowest BCUT2D eigenvalue weighted by atomic mass is 10.1. The fourth-order valence-corrected chi connectivity index (χ4v) is 4.87. The van der Waals surface area contributed by atoms with Crippen molar-refractivity contribution in [3.63, 3.8) is 0 Å². The maximum atomic E-state index is 13.6. The smallest absolute Gasteiger partial charge is 0.244 e. The third-order valence-corrected chi connectivity index (χ3v) is 7.42. The molecule has 0 aliphatic carbocycles. The maximum Gasteiger partial charge on any atom is 0.244 e. The second kappa shape index (κ2) is 12.6. The Morgan fingerprint density at radius 3 is 2.24 bits per heavy atom. The minimum absolute atomic E-state index is 0.00720. The summed E-state index contributed by atoms with van der Waals surface area (Å²) in [6.07, 6.45) is 2.03. The van der Waals surface area contributed by atoms with Crippen molar-refractivity contribution in [1.82, 2.24) is 10.2 Å². The van der Waals surface area contributed by atoms with Gasteiger partial charge in [-0.15, -0.1) is 0 Å². The van der Waals surface area contributed by atoms with Gasteiger partial charge in [-0.3, -0.25) is 13.9 Å². The summed E-state index contributed by atoms with van der Waals surface area (Å²) in [5.41, 5.74) is 0.706. The number of carbonyl (C=O) groups excluding carboxylic acids is 2. The van der Waals surface area contributed by atoms with Crippen molar-refractivity contribution in [2.45, 2.75) is 39.3 Å². The lowest BCUT2D eigenvalue weighted by Gasteiger charge is -2.33. The zero-order valence-corrected chi connectivity index (χ0v) is 22.3. The summed E-state index contributed by atoms with van der Waals surface area (Å²) in [7, 11) is -3.92. The predicted molar refractivity (Wildman–Crippen MR) is 138 cm³/mol. The van der Waals surface area contributed by atoms with Crippen LogP contribution in [0.1, 0.15) is 32.3 Å². The molecule has 0 fully saturated rings. The fraction of sp³-hybridized carbons (Fsp3) is 0.391. The van der Waals surface area contributed by atoms with Gasteiger partial charge in [-0.2, -0.15) is 0 Å². The number of rotatable bonds is 11. The fourth-order valence-electron chi connectivity index (χ4n) is 3.38. The van der Waals surface area contributed by atoms with Crippen LogP contribution in [0.2, 0.25) is 15.1 Å². The highest BCUT2D eigenvalue weighted by atomic mass is 35.5. The molecule has 1 atom stereocenters. The molecule has 0 heterocycles. The molecule has 0 aromatic heterocycles. The Balaban J connectivity index is 2.48. The van der Waals surface area contributed by atoms with E-state index >= 15 is 0 Å². The van der Waals surface area contributed by atoms with Crippen LogP contribution in [0.4, 0.5) is 5.69 Å². The second-order valence-corrected chi connectivity index (χ2v) is 10.8. The molecule has 34 heavy (non-hydrogen) atoms. The topological polar surface area (TPSA) is 86.8 Å². The minimum atomic E-state index is -3.92. The van der Waals surface area contributed by atoms with Crippen molar-refractivity contribution in [1.29, 1.82) is 0 Å². The standard InChI is InChI=1S/C23H28Cl3N3O4S/c1-4-13-27-23(31)19(5-2)28(14-16-9-6-7-10-17(16)24)21(30)15-29(34(3,32)33)20-12-8-11-18(25)22(20)26/h6-12,19H,4-5,13-15H2,1-3H3,(H,27,31)/t19-/m1/s1. The average molecular weight is 549 g/mol.